The first-order valence-corrected chi connectivity index (χ1v) is 8.66. The van der Waals surface area contributed by atoms with Gasteiger partial charge in [0.2, 0.25) is 0 Å². The fourth-order valence-electron chi connectivity index (χ4n) is 3.05. The van der Waals surface area contributed by atoms with Crippen LogP contribution in [0.1, 0.15) is 22.7 Å². The van der Waals surface area contributed by atoms with Gasteiger partial charge in [0, 0.05) is 26.2 Å². The van der Waals surface area contributed by atoms with Gasteiger partial charge in [0.05, 0.1) is 18.7 Å². The zero-order valence-electron chi connectivity index (χ0n) is 13.3. The van der Waals surface area contributed by atoms with E-state index in [0.717, 1.165) is 37.8 Å². The van der Waals surface area contributed by atoms with Crippen molar-refractivity contribution in [3.8, 4) is 5.75 Å². The second kappa shape index (κ2) is 7.13. The smallest absolute Gasteiger partial charge is 0.416 e. The van der Waals surface area contributed by atoms with Gasteiger partial charge >= 0.3 is 6.18 Å². The number of nitrogens with zero attached hydrogens (tertiary/aromatic N) is 1. The lowest BCUT2D eigenvalue weighted by atomic mass is 9.96. The Morgan fingerprint density at radius 3 is 2.50 bits per heavy atom. The Kier molecular flexibility index (Phi) is 5.12. The van der Waals surface area contributed by atoms with Crippen LogP contribution >= 0.6 is 11.3 Å². The van der Waals surface area contributed by atoms with Crippen LogP contribution in [0.25, 0.3) is 0 Å². The number of piperazine rings is 1. The van der Waals surface area contributed by atoms with Crippen LogP contribution in [0.5, 0.6) is 5.75 Å². The van der Waals surface area contributed by atoms with E-state index in [9.17, 15) is 13.2 Å². The van der Waals surface area contributed by atoms with Crippen molar-refractivity contribution in [2.75, 3.05) is 33.3 Å². The minimum atomic E-state index is -4.40. The molecule has 1 aliphatic rings. The number of benzene rings is 1. The number of halogens is 3. The Bertz CT molecular complexity index is 667. The van der Waals surface area contributed by atoms with Crippen molar-refractivity contribution in [1.82, 2.24) is 10.2 Å². The Morgan fingerprint density at radius 2 is 1.92 bits per heavy atom. The van der Waals surface area contributed by atoms with Gasteiger partial charge in [0.15, 0.2) is 0 Å². The van der Waals surface area contributed by atoms with Crippen LogP contribution in [0.15, 0.2) is 35.0 Å². The molecule has 1 aromatic heterocycles. The molecule has 1 fully saturated rings. The van der Waals surface area contributed by atoms with E-state index in [4.69, 9.17) is 4.74 Å². The van der Waals surface area contributed by atoms with Crippen molar-refractivity contribution in [1.29, 1.82) is 0 Å². The van der Waals surface area contributed by atoms with E-state index in [1.165, 1.54) is 13.2 Å². The van der Waals surface area contributed by atoms with E-state index in [1.807, 2.05) is 16.8 Å². The largest absolute Gasteiger partial charge is 0.497 e. The monoisotopic (exact) mass is 356 g/mol. The van der Waals surface area contributed by atoms with E-state index in [0.29, 0.717) is 5.56 Å². The molecule has 0 saturated carbocycles. The standard InChI is InChI=1S/C17H19F3N2OS/c1-23-15-9-13(8-14(10-15)17(18,19)20)16(12-2-7-24-11-12)22-5-3-21-4-6-22/h2,7-11,16,21H,3-6H2,1H3/t16-/m1/s1. The Balaban J connectivity index is 2.06. The molecule has 0 aliphatic carbocycles. The summed E-state index contributed by atoms with van der Waals surface area (Å²) in [6.45, 7) is 3.24. The molecule has 0 bridgehead atoms. The number of hydrogen-bond acceptors (Lipinski definition) is 4. The SMILES string of the molecule is COc1cc([C@@H](c2ccsc2)N2CCNCC2)cc(C(F)(F)F)c1. The van der Waals surface area contributed by atoms with Crippen molar-refractivity contribution in [2.24, 2.45) is 0 Å². The van der Waals surface area contributed by atoms with E-state index in [-0.39, 0.29) is 11.8 Å². The molecule has 0 radical (unpaired) electrons. The zero-order chi connectivity index (χ0) is 17.2. The highest BCUT2D eigenvalue weighted by Crippen LogP contribution is 2.37. The van der Waals surface area contributed by atoms with Crippen molar-refractivity contribution in [3.05, 3.63) is 51.7 Å². The molecule has 2 aromatic rings. The maximum absolute atomic E-state index is 13.3. The Morgan fingerprint density at radius 1 is 1.17 bits per heavy atom. The molecule has 0 unspecified atom stereocenters. The molecule has 1 aromatic carbocycles. The summed E-state index contributed by atoms with van der Waals surface area (Å²) >= 11 is 1.55. The Labute approximate surface area is 143 Å². The second-order valence-corrected chi connectivity index (χ2v) is 6.52. The van der Waals surface area contributed by atoms with Gasteiger partial charge in [-0.1, -0.05) is 0 Å². The van der Waals surface area contributed by atoms with Crippen LogP contribution in [-0.2, 0) is 6.18 Å². The second-order valence-electron chi connectivity index (χ2n) is 5.74. The first-order valence-electron chi connectivity index (χ1n) is 7.72. The number of methoxy groups -OCH3 is 1. The molecule has 24 heavy (non-hydrogen) atoms. The third kappa shape index (κ3) is 3.74. The lowest BCUT2D eigenvalue weighted by molar-refractivity contribution is -0.137. The van der Waals surface area contributed by atoms with Crippen LogP contribution in [0, 0.1) is 0 Å². The van der Waals surface area contributed by atoms with Gasteiger partial charge in [-0.2, -0.15) is 24.5 Å². The van der Waals surface area contributed by atoms with Crippen molar-refractivity contribution in [2.45, 2.75) is 12.2 Å². The summed E-state index contributed by atoms with van der Waals surface area (Å²) in [5.74, 6) is 0.232. The number of rotatable bonds is 4. The van der Waals surface area contributed by atoms with Crippen LogP contribution < -0.4 is 10.1 Å². The zero-order valence-corrected chi connectivity index (χ0v) is 14.1. The topological polar surface area (TPSA) is 24.5 Å². The molecule has 7 heteroatoms. The molecule has 1 aliphatic heterocycles. The molecule has 3 rings (SSSR count). The molecular formula is C17H19F3N2OS. The van der Waals surface area contributed by atoms with Gasteiger partial charge in [0.1, 0.15) is 5.75 Å². The van der Waals surface area contributed by atoms with Crippen molar-refractivity contribution in [3.63, 3.8) is 0 Å². The van der Waals surface area contributed by atoms with Crippen LogP contribution in [0.3, 0.4) is 0 Å². The predicted octanol–water partition coefficient (Wildman–Crippen LogP) is 3.77. The summed E-state index contributed by atoms with van der Waals surface area (Å²) in [7, 11) is 1.39. The highest BCUT2D eigenvalue weighted by molar-refractivity contribution is 7.08. The highest BCUT2D eigenvalue weighted by atomic mass is 32.1. The molecule has 1 saturated heterocycles. The maximum Gasteiger partial charge on any atom is 0.416 e. The predicted molar refractivity (Wildman–Crippen MR) is 88.6 cm³/mol. The van der Waals surface area contributed by atoms with Gasteiger partial charge in [-0.25, -0.2) is 0 Å². The van der Waals surface area contributed by atoms with Crippen LogP contribution in [0.2, 0.25) is 0 Å². The van der Waals surface area contributed by atoms with Crippen molar-refractivity contribution < 1.29 is 17.9 Å². The van der Waals surface area contributed by atoms with Crippen molar-refractivity contribution >= 4 is 11.3 Å². The first-order chi connectivity index (χ1) is 11.5. The third-order valence-electron chi connectivity index (χ3n) is 4.18. The molecule has 3 nitrogen and oxygen atoms in total. The van der Waals surface area contributed by atoms with Gasteiger partial charge in [0.25, 0.3) is 0 Å². The van der Waals surface area contributed by atoms with Crippen LogP contribution in [-0.4, -0.2) is 38.2 Å². The van der Waals surface area contributed by atoms with Gasteiger partial charge in [-0.15, -0.1) is 0 Å². The van der Waals surface area contributed by atoms with E-state index in [1.54, 1.807) is 17.4 Å². The van der Waals surface area contributed by atoms with E-state index >= 15 is 0 Å². The third-order valence-corrected chi connectivity index (χ3v) is 4.88. The summed E-state index contributed by atoms with van der Waals surface area (Å²) in [4.78, 5) is 2.22. The summed E-state index contributed by atoms with van der Waals surface area (Å²) in [6, 6.07) is 5.78. The molecule has 1 atom stereocenters. The fourth-order valence-corrected chi connectivity index (χ4v) is 3.73. The van der Waals surface area contributed by atoms with Gasteiger partial charge in [-0.3, -0.25) is 4.90 Å². The average Bonchev–Trinajstić information content (AvgIpc) is 3.09. The van der Waals surface area contributed by atoms with Crippen LogP contribution in [0.4, 0.5) is 13.2 Å². The highest BCUT2D eigenvalue weighted by Gasteiger charge is 2.33. The molecule has 0 amide bonds. The number of alkyl halides is 3. The normalized spacial score (nSPS) is 17.7. The minimum absolute atomic E-state index is 0.199. The summed E-state index contributed by atoms with van der Waals surface area (Å²) in [6.07, 6.45) is -4.40. The van der Waals surface area contributed by atoms with Gasteiger partial charge in [-0.05, 0) is 46.2 Å². The summed E-state index contributed by atoms with van der Waals surface area (Å²) in [5.41, 5.74) is 0.956. The maximum atomic E-state index is 13.3. The molecule has 130 valence electrons. The number of nitrogens with one attached hydrogen (secondary N) is 1. The van der Waals surface area contributed by atoms with E-state index in [2.05, 4.69) is 10.2 Å². The lowest BCUT2D eigenvalue weighted by Gasteiger charge is -2.35. The fraction of sp³-hybridized carbons (Fsp3) is 0.412. The molecule has 2 heterocycles. The quantitative estimate of drug-likeness (QED) is 0.903. The van der Waals surface area contributed by atoms with Gasteiger partial charge < -0.3 is 10.1 Å². The lowest BCUT2D eigenvalue weighted by Crippen LogP contribution is -2.45. The summed E-state index contributed by atoms with van der Waals surface area (Å²) in [5, 5.41) is 7.23. The number of hydrogen-bond donors (Lipinski definition) is 1. The molecule has 1 N–H and O–H groups in total. The average molecular weight is 356 g/mol. The Hall–Kier alpha value is -1.57. The van der Waals surface area contributed by atoms with E-state index < -0.39 is 11.7 Å². The summed E-state index contributed by atoms with van der Waals surface area (Å²) < 4.78 is 44.9. The number of thiophene rings is 1. The first kappa shape index (κ1) is 17.3. The molecular weight excluding hydrogens is 337 g/mol. The number of ether oxygens (including phenoxy) is 1. The molecule has 0 spiro atoms. The minimum Gasteiger partial charge on any atom is -0.497 e.